The van der Waals surface area contributed by atoms with Gasteiger partial charge in [0.25, 0.3) is 0 Å². The summed E-state index contributed by atoms with van der Waals surface area (Å²) < 4.78 is 45.1. The highest BCUT2D eigenvalue weighted by molar-refractivity contribution is 5.68. The molecule has 0 spiro atoms. The SMILES string of the molecule is CC(C)(C)OC(=O)N[C@H]1CC(c2ccncc2N)C[C@H](C(F)(F)F)C1. The molecule has 1 saturated carbocycles. The minimum absolute atomic E-state index is 0.0514. The van der Waals surface area contributed by atoms with Crippen molar-refractivity contribution in [3.8, 4) is 0 Å². The van der Waals surface area contributed by atoms with Crippen molar-refractivity contribution in [1.82, 2.24) is 10.3 Å². The molecule has 1 aromatic heterocycles. The van der Waals surface area contributed by atoms with Gasteiger partial charge < -0.3 is 15.8 Å². The van der Waals surface area contributed by atoms with E-state index in [0.717, 1.165) is 0 Å². The van der Waals surface area contributed by atoms with Crippen molar-refractivity contribution in [2.75, 3.05) is 5.73 Å². The van der Waals surface area contributed by atoms with Gasteiger partial charge in [-0.1, -0.05) is 0 Å². The Labute approximate surface area is 145 Å². The Balaban J connectivity index is 2.17. The van der Waals surface area contributed by atoms with Crippen molar-refractivity contribution in [2.24, 2.45) is 5.92 Å². The number of aromatic nitrogens is 1. The second kappa shape index (κ2) is 7.09. The number of alkyl carbamates (subject to hydrolysis) is 1. The zero-order valence-electron chi connectivity index (χ0n) is 14.6. The highest BCUT2D eigenvalue weighted by atomic mass is 19.4. The van der Waals surface area contributed by atoms with Gasteiger partial charge in [-0.15, -0.1) is 0 Å². The zero-order chi connectivity index (χ0) is 18.8. The van der Waals surface area contributed by atoms with Crippen LogP contribution in [-0.2, 0) is 4.74 Å². The van der Waals surface area contributed by atoms with Crippen LogP contribution in [0.25, 0.3) is 0 Å². The Morgan fingerprint density at radius 3 is 2.52 bits per heavy atom. The lowest BCUT2D eigenvalue weighted by Gasteiger charge is -2.37. The Bertz CT molecular complexity index is 614. The normalized spacial score (nSPS) is 24.6. The topological polar surface area (TPSA) is 77.2 Å². The van der Waals surface area contributed by atoms with E-state index in [9.17, 15) is 18.0 Å². The van der Waals surface area contributed by atoms with Gasteiger partial charge in [0, 0.05) is 12.2 Å². The third-order valence-corrected chi connectivity index (χ3v) is 4.22. The average Bonchev–Trinajstić information content (AvgIpc) is 2.44. The Hall–Kier alpha value is -1.99. The summed E-state index contributed by atoms with van der Waals surface area (Å²) in [5, 5.41) is 2.58. The average molecular weight is 359 g/mol. The third kappa shape index (κ3) is 5.51. The van der Waals surface area contributed by atoms with Gasteiger partial charge in [-0.25, -0.2) is 4.79 Å². The van der Waals surface area contributed by atoms with Gasteiger partial charge in [-0.3, -0.25) is 4.98 Å². The summed E-state index contributed by atoms with van der Waals surface area (Å²) in [7, 11) is 0. The molecule has 8 heteroatoms. The number of alkyl halides is 3. The smallest absolute Gasteiger partial charge is 0.407 e. The van der Waals surface area contributed by atoms with E-state index in [1.54, 1.807) is 26.8 Å². The van der Waals surface area contributed by atoms with Crippen LogP contribution in [0.1, 0.15) is 51.5 Å². The van der Waals surface area contributed by atoms with E-state index in [0.29, 0.717) is 17.7 Å². The van der Waals surface area contributed by atoms with Crippen molar-refractivity contribution in [3.05, 3.63) is 24.0 Å². The fourth-order valence-corrected chi connectivity index (χ4v) is 3.22. The molecule has 0 bridgehead atoms. The van der Waals surface area contributed by atoms with Crippen LogP contribution in [0.3, 0.4) is 0 Å². The molecular formula is C17H24F3N3O2. The number of rotatable bonds is 2. The van der Waals surface area contributed by atoms with Crippen LogP contribution in [0.5, 0.6) is 0 Å². The van der Waals surface area contributed by atoms with Crippen LogP contribution >= 0.6 is 0 Å². The van der Waals surface area contributed by atoms with Crippen molar-refractivity contribution >= 4 is 11.8 Å². The van der Waals surface area contributed by atoms with Gasteiger partial charge in [-0.05, 0) is 57.6 Å². The molecule has 0 saturated heterocycles. The van der Waals surface area contributed by atoms with Crippen molar-refractivity contribution in [3.63, 3.8) is 0 Å². The molecule has 1 aromatic rings. The van der Waals surface area contributed by atoms with Crippen LogP contribution < -0.4 is 11.1 Å². The van der Waals surface area contributed by atoms with E-state index in [1.807, 2.05) is 0 Å². The fourth-order valence-electron chi connectivity index (χ4n) is 3.22. The third-order valence-electron chi connectivity index (χ3n) is 4.22. The van der Waals surface area contributed by atoms with E-state index < -0.39 is 35.7 Å². The summed E-state index contributed by atoms with van der Waals surface area (Å²) in [4.78, 5) is 15.8. The van der Waals surface area contributed by atoms with Gasteiger partial charge in [-0.2, -0.15) is 13.2 Å². The van der Waals surface area contributed by atoms with E-state index in [-0.39, 0.29) is 12.8 Å². The maximum absolute atomic E-state index is 13.3. The highest BCUT2D eigenvalue weighted by Gasteiger charge is 2.46. The monoisotopic (exact) mass is 359 g/mol. The van der Waals surface area contributed by atoms with E-state index in [4.69, 9.17) is 10.5 Å². The van der Waals surface area contributed by atoms with Gasteiger partial charge in [0.15, 0.2) is 0 Å². The number of pyridine rings is 1. The van der Waals surface area contributed by atoms with Crippen LogP contribution in [0.15, 0.2) is 18.5 Å². The lowest BCUT2D eigenvalue weighted by molar-refractivity contribution is -0.185. The number of carbonyl (C=O) groups is 1. The predicted molar refractivity (Wildman–Crippen MR) is 87.9 cm³/mol. The van der Waals surface area contributed by atoms with Crippen LogP contribution in [-0.4, -0.2) is 28.9 Å². The summed E-state index contributed by atoms with van der Waals surface area (Å²) in [5.41, 5.74) is 6.17. The number of hydrogen-bond acceptors (Lipinski definition) is 4. The summed E-state index contributed by atoms with van der Waals surface area (Å²) >= 11 is 0. The molecule has 0 aliphatic heterocycles. The molecule has 3 N–H and O–H groups in total. The van der Waals surface area contributed by atoms with E-state index in [2.05, 4.69) is 10.3 Å². The molecule has 1 unspecified atom stereocenters. The highest BCUT2D eigenvalue weighted by Crippen LogP contribution is 2.44. The van der Waals surface area contributed by atoms with Crippen molar-refractivity contribution in [1.29, 1.82) is 0 Å². The van der Waals surface area contributed by atoms with Gasteiger partial charge in [0.2, 0.25) is 0 Å². The number of amides is 1. The minimum Gasteiger partial charge on any atom is -0.444 e. The molecule has 1 amide bonds. The fraction of sp³-hybridized carbons (Fsp3) is 0.647. The molecular weight excluding hydrogens is 335 g/mol. The molecule has 1 aliphatic rings. The number of nitrogens with zero attached hydrogens (tertiary/aromatic N) is 1. The number of nitrogens with one attached hydrogen (secondary N) is 1. The number of ether oxygens (including phenoxy) is 1. The first-order chi connectivity index (χ1) is 11.5. The largest absolute Gasteiger partial charge is 0.444 e. The number of nitrogens with two attached hydrogens (primary N) is 1. The second-order valence-corrected chi connectivity index (χ2v) is 7.49. The van der Waals surface area contributed by atoms with Crippen molar-refractivity contribution < 1.29 is 22.7 Å². The lowest BCUT2D eigenvalue weighted by Crippen LogP contribution is -2.45. The maximum Gasteiger partial charge on any atom is 0.407 e. The number of hydrogen-bond donors (Lipinski definition) is 2. The molecule has 5 nitrogen and oxygen atoms in total. The molecule has 1 heterocycles. The molecule has 25 heavy (non-hydrogen) atoms. The van der Waals surface area contributed by atoms with Crippen LogP contribution in [0.4, 0.5) is 23.7 Å². The van der Waals surface area contributed by atoms with E-state index in [1.165, 1.54) is 12.4 Å². The Morgan fingerprint density at radius 1 is 1.28 bits per heavy atom. The van der Waals surface area contributed by atoms with Crippen molar-refractivity contribution in [2.45, 2.75) is 63.8 Å². The summed E-state index contributed by atoms with van der Waals surface area (Å²) in [6.07, 6.45) is -1.92. The quantitative estimate of drug-likeness (QED) is 0.837. The predicted octanol–water partition coefficient (Wildman–Crippen LogP) is 4.00. The van der Waals surface area contributed by atoms with E-state index >= 15 is 0 Å². The molecule has 2 rings (SSSR count). The molecule has 1 aliphatic carbocycles. The molecule has 0 aromatic carbocycles. The first kappa shape index (κ1) is 19.3. The number of halogens is 3. The van der Waals surface area contributed by atoms with Gasteiger partial charge in [0.05, 0.1) is 17.8 Å². The second-order valence-electron chi connectivity index (χ2n) is 7.49. The number of anilines is 1. The molecule has 1 fully saturated rings. The number of nitrogen functional groups attached to an aromatic ring is 1. The number of carbonyl (C=O) groups excluding carboxylic acids is 1. The maximum atomic E-state index is 13.3. The van der Waals surface area contributed by atoms with Crippen LogP contribution in [0.2, 0.25) is 0 Å². The first-order valence-corrected chi connectivity index (χ1v) is 8.21. The summed E-state index contributed by atoms with van der Waals surface area (Å²) in [5.74, 6) is -1.90. The Morgan fingerprint density at radius 2 is 1.96 bits per heavy atom. The Kier molecular flexibility index (Phi) is 5.49. The molecule has 0 radical (unpaired) electrons. The molecule has 3 atom stereocenters. The van der Waals surface area contributed by atoms with Crippen LogP contribution in [0, 0.1) is 5.92 Å². The first-order valence-electron chi connectivity index (χ1n) is 8.21. The summed E-state index contributed by atoms with van der Waals surface area (Å²) in [6.45, 7) is 5.10. The lowest BCUT2D eigenvalue weighted by atomic mass is 9.75. The van der Waals surface area contributed by atoms with Gasteiger partial charge in [0.1, 0.15) is 5.60 Å². The standard InChI is InChI=1S/C17H24F3N3O2/c1-16(2,3)25-15(24)23-12-7-10(6-11(8-12)17(18,19)20)13-4-5-22-9-14(13)21/h4-5,9-12H,6-8,21H2,1-3H3,(H,23,24)/t10?,11-,12-/m0/s1. The summed E-state index contributed by atoms with van der Waals surface area (Å²) in [6, 6.07) is 1.01. The van der Waals surface area contributed by atoms with Gasteiger partial charge >= 0.3 is 12.3 Å². The zero-order valence-corrected chi connectivity index (χ0v) is 14.6. The minimum atomic E-state index is -4.33. The molecule has 140 valence electrons.